The topological polar surface area (TPSA) is 113 Å². The number of aromatic nitrogens is 4. The first-order valence-corrected chi connectivity index (χ1v) is 9.73. The second-order valence-corrected chi connectivity index (χ2v) is 7.52. The summed E-state index contributed by atoms with van der Waals surface area (Å²) in [5.41, 5.74) is 10.5. The predicted molar refractivity (Wildman–Crippen MR) is 110 cm³/mol. The Morgan fingerprint density at radius 1 is 1.10 bits per heavy atom. The predicted octanol–water partition coefficient (Wildman–Crippen LogP) is 1.79. The van der Waals surface area contributed by atoms with Crippen LogP contribution in [0.3, 0.4) is 0 Å². The average Bonchev–Trinajstić information content (AvgIpc) is 2.75. The van der Waals surface area contributed by atoms with Crippen LogP contribution in [0.15, 0.2) is 30.7 Å². The molecule has 0 spiro atoms. The maximum Gasteiger partial charge on any atom is 0.324 e. The second-order valence-electron chi connectivity index (χ2n) is 7.52. The summed E-state index contributed by atoms with van der Waals surface area (Å²) in [4.78, 5) is 34.5. The SMILES string of the molecule is CN1Cc2cnc3ccc(-c4cnc(N)nc4)nc3c2N(C2CCNCC2)C1=O. The van der Waals surface area contributed by atoms with Gasteiger partial charge in [0.15, 0.2) is 0 Å². The van der Waals surface area contributed by atoms with Crippen molar-refractivity contribution >= 4 is 28.7 Å². The number of fused-ring (bicyclic) bond motifs is 3. The number of amides is 2. The van der Waals surface area contributed by atoms with Gasteiger partial charge in [0.05, 0.1) is 23.4 Å². The molecule has 2 aliphatic rings. The van der Waals surface area contributed by atoms with Gasteiger partial charge in [-0.05, 0) is 38.1 Å². The number of nitrogens with two attached hydrogens (primary N) is 1. The lowest BCUT2D eigenvalue weighted by Crippen LogP contribution is -2.53. The third kappa shape index (κ3) is 3.03. The van der Waals surface area contributed by atoms with E-state index in [-0.39, 0.29) is 18.0 Å². The van der Waals surface area contributed by atoms with E-state index in [9.17, 15) is 4.79 Å². The van der Waals surface area contributed by atoms with Gasteiger partial charge >= 0.3 is 6.03 Å². The summed E-state index contributed by atoms with van der Waals surface area (Å²) in [6.07, 6.45) is 7.00. The quantitative estimate of drug-likeness (QED) is 0.686. The van der Waals surface area contributed by atoms with E-state index < -0.39 is 0 Å². The number of hydrogen-bond acceptors (Lipinski definition) is 7. The number of pyridine rings is 2. The van der Waals surface area contributed by atoms with Gasteiger partial charge in [0.25, 0.3) is 0 Å². The number of piperidine rings is 1. The Morgan fingerprint density at radius 2 is 1.86 bits per heavy atom. The summed E-state index contributed by atoms with van der Waals surface area (Å²) in [5.74, 6) is 0.222. The van der Waals surface area contributed by atoms with Crippen molar-refractivity contribution < 1.29 is 4.79 Å². The van der Waals surface area contributed by atoms with E-state index in [0.29, 0.717) is 6.54 Å². The smallest absolute Gasteiger partial charge is 0.324 e. The molecule has 0 aliphatic carbocycles. The van der Waals surface area contributed by atoms with Gasteiger partial charge in [0, 0.05) is 42.8 Å². The normalized spacial score (nSPS) is 17.6. The van der Waals surface area contributed by atoms with Gasteiger partial charge in [0.2, 0.25) is 5.95 Å². The van der Waals surface area contributed by atoms with Crippen LogP contribution >= 0.6 is 0 Å². The molecule has 1 saturated heterocycles. The van der Waals surface area contributed by atoms with Crippen LogP contribution in [-0.2, 0) is 6.54 Å². The molecule has 148 valence electrons. The molecule has 0 saturated carbocycles. The van der Waals surface area contributed by atoms with Crippen LogP contribution in [0.2, 0.25) is 0 Å². The van der Waals surface area contributed by atoms with Crippen molar-refractivity contribution in [2.75, 3.05) is 30.8 Å². The monoisotopic (exact) mass is 390 g/mol. The summed E-state index contributed by atoms with van der Waals surface area (Å²) in [6, 6.07) is 3.97. The summed E-state index contributed by atoms with van der Waals surface area (Å²) in [6.45, 7) is 2.32. The fourth-order valence-electron chi connectivity index (χ4n) is 4.11. The van der Waals surface area contributed by atoms with Crippen LogP contribution < -0.4 is 16.0 Å². The van der Waals surface area contributed by atoms with Gasteiger partial charge in [-0.2, -0.15) is 0 Å². The van der Waals surface area contributed by atoms with Gasteiger partial charge in [-0.3, -0.25) is 9.88 Å². The molecule has 3 aromatic rings. The molecule has 0 bridgehead atoms. The first-order chi connectivity index (χ1) is 14.1. The molecule has 9 heteroatoms. The molecule has 3 N–H and O–H groups in total. The van der Waals surface area contributed by atoms with Gasteiger partial charge < -0.3 is 16.0 Å². The first-order valence-electron chi connectivity index (χ1n) is 9.73. The van der Waals surface area contributed by atoms with Crippen LogP contribution in [0, 0.1) is 0 Å². The van der Waals surface area contributed by atoms with Crippen molar-refractivity contribution in [3.8, 4) is 11.3 Å². The Labute approximate surface area is 168 Å². The molecule has 5 rings (SSSR count). The molecule has 0 atom stereocenters. The fourth-order valence-corrected chi connectivity index (χ4v) is 4.11. The highest BCUT2D eigenvalue weighted by molar-refractivity contribution is 6.04. The number of anilines is 2. The maximum absolute atomic E-state index is 13.2. The van der Waals surface area contributed by atoms with Crippen LogP contribution in [-0.4, -0.2) is 57.0 Å². The molecule has 0 aromatic carbocycles. The van der Waals surface area contributed by atoms with E-state index in [1.54, 1.807) is 17.3 Å². The van der Waals surface area contributed by atoms with Crippen LogP contribution in [0.4, 0.5) is 16.4 Å². The first kappa shape index (κ1) is 17.7. The van der Waals surface area contributed by atoms with E-state index in [1.807, 2.05) is 30.3 Å². The minimum absolute atomic E-state index is 0.0138. The number of hydrogen-bond donors (Lipinski definition) is 2. The van der Waals surface area contributed by atoms with Crippen LogP contribution in [0.25, 0.3) is 22.3 Å². The number of carbonyl (C=O) groups excluding carboxylic acids is 1. The molecular weight excluding hydrogens is 368 g/mol. The fraction of sp³-hybridized carbons (Fsp3) is 0.350. The van der Waals surface area contributed by atoms with Gasteiger partial charge in [-0.25, -0.2) is 19.7 Å². The minimum atomic E-state index is 0.0138. The van der Waals surface area contributed by atoms with Crippen molar-refractivity contribution in [3.05, 3.63) is 36.3 Å². The highest BCUT2D eigenvalue weighted by Gasteiger charge is 2.36. The molecule has 1 fully saturated rings. The van der Waals surface area contributed by atoms with E-state index in [2.05, 4.69) is 20.3 Å². The molecule has 2 aliphatic heterocycles. The molecule has 2 amide bonds. The molecule has 0 radical (unpaired) electrons. The maximum atomic E-state index is 13.2. The summed E-state index contributed by atoms with van der Waals surface area (Å²) < 4.78 is 0. The van der Waals surface area contributed by atoms with E-state index in [4.69, 9.17) is 10.7 Å². The van der Waals surface area contributed by atoms with E-state index >= 15 is 0 Å². The Morgan fingerprint density at radius 3 is 2.62 bits per heavy atom. The molecule has 0 unspecified atom stereocenters. The number of nitrogens with one attached hydrogen (secondary N) is 1. The summed E-state index contributed by atoms with van der Waals surface area (Å²) in [7, 11) is 1.83. The molecular formula is C20H22N8O. The van der Waals surface area contributed by atoms with Gasteiger partial charge in [0.1, 0.15) is 5.52 Å². The van der Waals surface area contributed by atoms with E-state index in [0.717, 1.165) is 59.5 Å². The van der Waals surface area contributed by atoms with Gasteiger partial charge in [-0.15, -0.1) is 0 Å². The zero-order valence-electron chi connectivity index (χ0n) is 16.2. The molecule has 9 nitrogen and oxygen atoms in total. The number of nitrogens with zero attached hydrogens (tertiary/aromatic N) is 6. The van der Waals surface area contributed by atoms with Crippen LogP contribution in [0.5, 0.6) is 0 Å². The minimum Gasteiger partial charge on any atom is -0.368 e. The lowest BCUT2D eigenvalue weighted by atomic mass is 10.0. The van der Waals surface area contributed by atoms with Crippen molar-refractivity contribution in [3.63, 3.8) is 0 Å². The Kier molecular flexibility index (Phi) is 4.24. The highest BCUT2D eigenvalue weighted by Crippen LogP contribution is 2.37. The second kappa shape index (κ2) is 6.93. The van der Waals surface area contributed by atoms with Crippen molar-refractivity contribution in [2.45, 2.75) is 25.4 Å². The lowest BCUT2D eigenvalue weighted by Gasteiger charge is -2.41. The molecule has 5 heterocycles. The summed E-state index contributed by atoms with van der Waals surface area (Å²) in [5, 5.41) is 3.37. The van der Waals surface area contributed by atoms with Crippen molar-refractivity contribution in [1.82, 2.24) is 30.2 Å². The Bertz CT molecular complexity index is 1080. The Balaban J connectivity index is 1.69. The zero-order valence-corrected chi connectivity index (χ0v) is 16.2. The standard InChI is InChI=1S/C20H22N8O/c1-27-11-13-10-23-16-3-2-15(12-8-24-19(21)25-9-12)26-17(16)18(13)28(20(27)29)14-4-6-22-7-5-14/h2-3,8-10,14,22H,4-7,11H2,1H3,(H2,21,24,25). The molecule has 3 aromatic heterocycles. The average molecular weight is 390 g/mol. The summed E-state index contributed by atoms with van der Waals surface area (Å²) >= 11 is 0. The third-order valence-electron chi connectivity index (χ3n) is 5.58. The number of rotatable bonds is 2. The van der Waals surface area contributed by atoms with Crippen molar-refractivity contribution in [2.24, 2.45) is 0 Å². The van der Waals surface area contributed by atoms with Crippen molar-refractivity contribution in [1.29, 1.82) is 0 Å². The van der Waals surface area contributed by atoms with Crippen LogP contribution in [0.1, 0.15) is 18.4 Å². The number of carbonyl (C=O) groups is 1. The number of nitrogen functional groups attached to an aromatic ring is 1. The zero-order chi connectivity index (χ0) is 20.0. The number of urea groups is 1. The molecule has 29 heavy (non-hydrogen) atoms. The lowest BCUT2D eigenvalue weighted by molar-refractivity contribution is 0.205. The third-order valence-corrected chi connectivity index (χ3v) is 5.58. The highest BCUT2D eigenvalue weighted by atomic mass is 16.2. The van der Waals surface area contributed by atoms with Gasteiger partial charge in [-0.1, -0.05) is 0 Å². The largest absolute Gasteiger partial charge is 0.368 e. The van der Waals surface area contributed by atoms with E-state index in [1.165, 1.54) is 0 Å². The Hall–Kier alpha value is -3.33.